The van der Waals surface area contributed by atoms with Crippen molar-refractivity contribution in [2.24, 2.45) is 7.05 Å². The zero-order valence-corrected chi connectivity index (χ0v) is 14.5. The highest BCUT2D eigenvalue weighted by Gasteiger charge is 2.51. The summed E-state index contributed by atoms with van der Waals surface area (Å²) in [6.45, 7) is 12.5. The average Bonchev–Trinajstić information content (AvgIpc) is 2.84. The molecule has 0 aromatic carbocycles. The Hall–Kier alpha value is -1.40. The summed E-state index contributed by atoms with van der Waals surface area (Å²) in [6, 6.07) is 2.10. The molecule has 0 unspecified atom stereocenters. The lowest BCUT2D eigenvalue weighted by atomic mass is 9.80. The Balaban J connectivity index is 2.05. The van der Waals surface area contributed by atoms with Crippen LogP contribution in [0.2, 0.25) is 0 Å². The number of rotatable bonds is 2. The van der Waals surface area contributed by atoms with Crippen molar-refractivity contribution in [1.82, 2.24) is 14.8 Å². The highest BCUT2D eigenvalue weighted by Crippen LogP contribution is 2.36. The van der Waals surface area contributed by atoms with E-state index in [1.807, 2.05) is 17.9 Å². The van der Waals surface area contributed by atoms with Crippen LogP contribution in [-0.4, -0.2) is 33.1 Å². The maximum absolute atomic E-state index is 6.12. The molecule has 22 heavy (non-hydrogen) atoms. The van der Waals surface area contributed by atoms with Crippen LogP contribution in [0.25, 0.3) is 11.0 Å². The topological polar surface area (TPSA) is 49.2 Å². The Morgan fingerprint density at radius 1 is 1.14 bits per heavy atom. The molecule has 1 aliphatic rings. The molecule has 0 aliphatic carbocycles. The Kier molecular flexibility index (Phi) is 3.38. The second kappa shape index (κ2) is 4.80. The Labute approximate surface area is 132 Å². The monoisotopic (exact) mass is 301 g/mol. The molecular formula is C16H24BN3O2. The van der Waals surface area contributed by atoms with Gasteiger partial charge in [0.05, 0.1) is 16.9 Å². The predicted molar refractivity (Wildman–Crippen MR) is 88.3 cm³/mol. The minimum absolute atomic E-state index is 0.345. The molecule has 1 fully saturated rings. The van der Waals surface area contributed by atoms with Gasteiger partial charge in [-0.1, -0.05) is 13.8 Å². The van der Waals surface area contributed by atoms with Crippen molar-refractivity contribution in [3.05, 3.63) is 18.0 Å². The first-order valence-electron chi connectivity index (χ1n) is 7.80. The number of fused-ring (bicyclic) bond motifs is 1. The molecule has 0 bridgehead atoms. The molecule has 0 amide bonds. The van der Waals surface area contributed by atoms with Crippen molar-refractivity contribution in [2.45, 2.75) is 58.7 Å². The fraction of sp³-hybridized carbons (Fsp3) is 0.625. The van der Waals surface area contributed by atoms with Crippen LogP contribution in [0.1, 0.15) is 53.2 Å². The van der Waals surface area contributed by atoms with E-state index >= 15 is 0 Å². The second-order valence-electron chi connectivity index (χ2n) is 7.39. The van der Waals surface area contributed by atoms with E-state index < -0.39 is 0 Å². The zero-order valence-electron chi connectivity index (χ0n) is 14.5. The fourth-order valence-electron chi connectivity index (χ4n) is 2.72. The third-order valence-electron chi connectivity index (χ3n) is 4.80. The minimum atomic E-state index is -0.387. The molecule has 118 valence electrons. The van der Waals surface area contributed by atoms with E-state index in [4.69, 9.17) is 9.31 Å². The Morgan fingerprint density at radius 3 is 2.27 bits per heavy atom. The fourth-order valence-corrected chi connectivity index (χ4v) is 2.72. The van der Waals surface area contributed by atoms with Gasteiger partial charge >= 0.3 is 7.12 Å². The smallest absolute Gasteiger partial charge is 0.399 e. The van der Waals surface area contributed by atoms with E-state index in [9.17, 15) is 0 Å². The molecule has 5 nitrogen and oxygen atoms in total. The second-order valence-corrected chi connectivity index (χ2v) is 7.39. The average molecular weight is 301 g/mol. The molecule has 0 radical (unpaired) electrons. The maximum Gasteiger partial charge on any atom is 0.496 e. The van der Waals surface area contributed by atoms with Gasteiger partial charge in [0.15, 0.2) is 5.65 Å². The number of hydrogen-bond acceptors (Lipinski definition) is 4. The molecule has 2 aromatic rings. The first-order valence-corrected chi connectivity index (χ1v) is 7.80. The highest BCUT2D eigenvalue weighted by atomic mass is 16.7. The maximum atomic E-state index is 6.12. The van der Waals surface area contributed by atoms with Crippen molar-refractivity contribution in [2.75, 3.05) is 0 Å². The summed E-state index contributed by atoms with van der Waals surface area (Å²) in [5, 5.41) is 5.66. The van der Waals surface area contributed by atoms with Gasteiger partial charge in [0.25, 0.3) is 0 Å². The molecule has 2 aromatic heterocycles. The largest absolute Gasteiger partial charge is 0.496 e. The van der Waals surface area contributed by atoms with Crippen LogP contribution in [-0.2, 0) is 16.4 Å². The van der Waals surface area contributed by atoms with Gasteiger partial charge in [-0.15, -0.1) is 0 Å². The van der Waals surface area contributed by atoms with Crippen LogP contribution in [0.15, 0.2) is 12.3 Å². The van der Waals surface area contributed by atoms with E-state index in [-0.39, 0.29) is 18.3 Å². The zero-order chi connectivity index (χ0) is 16.3. The highest BCUT2D eigenvalue weighted by molar-refractivity contribution is 6.62. The number of pyridine rings is 1. The lowest BCUT2D eigenvalue weighted by Gasteiger charge is -2.32. The van der Waals surface area contributed by atoms with E-state index in [1.54, 1.807) is 0 Å². The SMILES string of the molecule is CC(C)c1nn(C)c2ncc(B3OC(C)(C)C(C)(C)O3)cc12. The quantitative estimate of drug-likeness (QED) is 0.799. The predicted octanol–water partition coefficient (Wildman–Crippen LogP) is 2.39. The summed E-state index contributed by atoms with van der Waals surface area (Å²) >= 11 is 0. The van der Waals surface area contributed by atoms with Gasteiger partial charge in [0.1, 0.15) is 0 Å². The van der Waals surface area contributed by atoms with Gasteiger partial charge in [0.2, 0.25) is 0 Å². The molecule has 0 spiro atoms. The summed E-state index contributed by atoms with van der Waals surface area (Å²) in [5.41, 5.74) is 2.21. The van der Waals surface area contributed by atoms with Crippen molar-refractivity contribution in [3.63, 3.8) is 0 Å². The summed E-state index contributed by atoms with van der Waals surface area (Å²) in [7, 11) is 1.54. The number of aromatic nitrogens is 3. The van der Waals surface area contributed by atoms with E-state index in [0.29, 0.717) is 5.92 Å². The first kappa shape index (κ1) is 15.5. The third kappa shape index (κ3) is 2.25. The molecule has 3 heterocycles. The normalized spacial score (nSPS) is 20.3. The molecular weight excluding hydrogens is 277 g/mol. The summed E-state index contributed by atoms with van der Waals surface area (Å²) in [5.74, 6) is 0.346. The van der Waals surface area contributed by atoms with Gasteiger partial charge in [-0.05, 0) is 39.7 Å². The summed E-state index contributed by atoms with van der Waals surface area (Å²) in [6.07, 6.45) is 1.83. The molecule has 0 atom stereocenters. The molecule has 0 N–H and O–H groups in total. The van der Waals surface area contributed by atoms with Crippen molar-refractivity contribution in [3.8, 4) is 0 Å². The van der Waals surface area contributed by atoms with Crippen LogP contribution in [0.3, 0.4) is 0 Å². The van der Waals surface area contributed by atoms with Crippen LogP contribution >= 0.6 is 0 Å². The molecule has 1 saturated heterocycles. The molecule has 0 saturated carbocycles. The van der Waals surface area contributed by atoms with Crippen LogP contribution in [0.5, 0.6) is 0 Å². The van der Waals surface area contributed by atoms with Gasteiger partial charge in [-0.2, -0.15) is 5.10 Å². The Bertz CT molecular complexity index is 705. The standard InChI is InChI=1S/C16H24BN3O2/c1-10(2)13-12-8-11(9-18-14(12)20(7)19-13)17-21-15(3,4)16(5,6)22-17/h8-10H,1-7H3. The molecule has 1 aliphatic heterocycles. The van der Waals surface area contributed by atoms with E-state index in [2.05, 4.69) is 57.7 Å². The van der Waals surface area contributed by atoms with Crippen LogP contribution in [0.4, 0.5) is 0 Å². The number of nitrogens with zero attached hydrogens (tertiary/aromatic N) is 3. The van der Waals surface area contributed by atoms with Crippen molar-refractivity contribution >= 4 is 23.6 Å². The van der Waals surface area contributed by atoms with Gasteiger partial charge in [0, 0.05) is 24.1 Å². The van der Waals surface area contributed by atoms with E-state index in [1.165, 1.54) is 0 Å². The van der Waals surface area contributed by atoms with Crippen LogP contribution < -0.4 is 5.46 Å². The number of hydrogen-bond donors (Lipinski definition) is 0. The third-order valence-corrected chi connectivity index (χ3v) is 4.80. The minimum Gasteiger partial charge on any atom is -0.399 e. The van der Waals surface area contributed by atoms with Gasteiger partial charge in [-0.25, -0.2) is 4.98 Å². The first-order chi connectivity index (χ1) is 10.1. The lowest BCUT2D eigenvalue weighted by Crippen LogP contribution is -2.41. The lowest BCUT2D eigenvalue weighted by molar-refractivity contribution is 0.00578. The van der Waals surface area contributed by atoms with Gasteiger partial charge in [-0.3, -0.25) is 4.68 Å². The summed E-state index contributed by atoms with van der Waals surface area (Å²) < 4.78 is 14.1. The summed E-state index contributed by atoms with van der Waals surface area (Å²) in [4.78, 5) is 4.56. The van der Waals surface area contributed by atoms with Gasteiger partial charge < -0.3 is 9.31 Å². The van der Waals surface area contributed by atoms with Crippen molar-refractivity contribution in [1.29, 1.82) is 0 Å². The van der Waals surface area contributed by atoms with Crippen molar-refractivity contribution < 1.29 is 9.31 Å². The number of aryl methyl sites for hydroxylation is 1. The molecule has 6 heteroatoms. The molecule has 3 rings (SSSR count). The van der Waals surface area contributed by atoms with E-state index in [0.717, 1.165) is 22.2 Å². The Morgan fingerprint density at radius 2 is 1.73 bits per heavy atom. The van der Waals surface area contributed by atoms with Crippen LogP contribution in [0, 0.1) is 0 Å².